The van der Waals surface area contributed by atoms with Gasteiger partial charge in [0, 0.05) is 6.92 Å². The molecule has 1 amide bonds. The largest absolute Gasteiger partial charge is 0.325 e. The van der Waals surface area contributed by atoms with E-state index >= 15 is 0 Å². The molecule has 1 aromatic heterocycles. The molecule has 0 aliphatic carbocycles. The molecule has 0 radical (unpaired) electrons. The fraction of sp³-hybridized carbons (Fsp3) is 0.143. The number of hydrogen-bond donors (Lipinski definition) is 1. The summed E-state index contributed by atoms with van der Waals surface area (Å²) in [6.07, 6.45) is 1.59. The molecule has 1 N–H and O–H groups in total. The van der Waals surface area contributed by atoms with E-state index < -0.39 is 0 Å². The summed E-state index contributed by atoms with van der Waals surface area (Å²) in [5.41, 5.74) is 0.709. The Bertz CT molecular complexity index is 258. The lowest BCUT2D eigenvalue weighted by molar-refractivity contribution is -0.114. The summed E-state index contributed by atoms with van der Waals surface area (Å²) in [6, 6.07) is 3.55. The zero-order chi connectivity index (χ0) is 8.27. The molecule has 1 heterocycles. The van der Waals surface area contributed by atoms with E-state index in [1.165, 1.54) is 6.92 Å². The van der Waals surface area contributed by atoms with Crippen molar-refractivity contribution in [3.8, 4) is 0 Å². The lowest BCUT2D eigenvalue weighted by Gasteiger charge is -1.99. The van der Waals surface area contributed by atoms with Gasteiger partial charge in [0.05, 0.1) is 11.9 Å². The zero-order valence-electron chi connectivity index (χ0n) is 5.97. The first-order valence-electron chi connectivity index (χ1n) is 3.07. The molecule has 3 nitrogen and oxygen atoms in total. The predicted molar refractivity (Wildman–Crippen MR) is 46.2 cm³/mol. The van der Waals surface area contributed by atoms with Gasteiger partial charge in [0.2, 0.25) is 5.91 Å². The number of nitrogens with one attached hydrogen (secondary N) is 1. The second-order valence-corrected chi connectivity index (χ2v) is 2.86. The Labute approximate surface area is 73.0 Å². The summed E-state index contributed by atoms with van der Waals surface area (Å²) < 4.78 is 0.756. The summed E-state index contributed by atoms with van der Waals surface area (Å²) in [5.74, 6) is -0.0888. The number of nitrogens with zero attached hydrogens (tertiary/aromatic N) is 1. The number of rotatable bonds is 1. The van der Waals surface area contributed by atoms with E-state index in [-0.39, 0.29) is 5.91 Å². The Balaban J connectivity index is 2.74. The Morgan fingerprint density at radius 2 is 2.36 bits per heavy atom. The fourth-order valence-corrected chi connectivity index (χ4v) is 0.888. The van der Waals surface area contributed by atoms with E-state index in [1.54, 1.807) is 18.3 Å². The SMILES string of the molecule is CC(=O)Nc1ccc(Br)nc1. The second kappa shape index (κ2) is 3.48. The molecular formula is C7H7BrN2O. The molecule has 0 spiro atoms. The van der Waals surface area contributed by atoms with E-state index in [2.05, 4.69) is 26.2 Å². The zero-order valence-corrected chi connectivity index (χ0v) is 7.55. The first kappa shape index (κ1) is 8.20. The van der Waals surface area contributed by atoms with Gasteiger partial charge in [-0.2, -0.15) is 0 Å². The van der Waals surface area contributed by atoms with Crippen LogP contribution >= 0.6 is 15.9 Å². The lowest BCUT2D eigenvalue weighted by Crippen LogP contribution is -2.05. The van der Waals surface area contributed by atoms with Crippen LogP contribution in [0.2, 0.25) is 0 Å². The van der Waals surface area contributed by atoms with E-state index in [9.17, 15) is 4.79 Å². The standard InChI is InChI=1S/C7H7BrN2O/c1-5(11)10-6-2-3-7(8)9-4-6/h2-4H,1H3,(H,10,11). The van der Waals surface area contributed by atoms with Gasteiger partial charge in [0.15, 0.2) is 0 Å². The number of anilines is 1. The van der Waals surface area contributed by atoms with E-state index in [0.29, 0.717) is 5.69 Å². The van der Waals surface area contributed by atoms with Crippen molar-refractivity contribution in [2.45, 2.75) is 6.92 Å². The molecule has 58 valence electrons. The average Bonchev–Trinajstić information content (AvgIpc) is 1.93. The van der Waals surface area contributed by atoms with Crippen LogP contribution in [0.15, 0.2) is 22.9 Å². The van der Waals surface area contributed by atoms with E-state index in [4.69, 9.17) is 0 Å². The normalized spacial score (nSPS) is 9.27. The lowest BCUT2D eigenvalue weighted by atomic mass is 10.4. The van der Waals surface area contributed by atoms with E-state index in [1.807, 2.05) is 0 Å². The van der Waals surface area contributed by atoms with Gasteiger partial charge in [0.25, 0.3) is 0 Å². The number of carbonyl (C=O) groups is 1. The minimum atomic E-state index is -0.0888. The van der Waals surface area contributed by atoms with Gasteiger partial charge in [-0.3, -0.25) is 4.79 Å². The van der Waals surface area contributed by atoms with Gasteiger partial charge in [-0.15, -0.1) is 0 Å². The maximum atomic E-state index is 10.5. The minimum absolute atomic E-state index is 0.0888. The van der Waals surface area contributed by atoms with Crippen LogP contribution in [0.5, 0.6) is 0 Å². The Kier molecular flexibility index (Phi) is 2.59. The topological polar surface area (TPSA) is 42.0 Å². The smallest absolute Gasteiger partial charge is 0.221 e. The van der Waals surface area contributed by atoms with Gasteiger partial charge < -0.3 is 5.32 Å². The van der Waals surface area contributed by atoms with Crippen LogP contribution in [0.3, 0.4) is 0 Å². The molecule has 1 aromatic rings. The highest BCUT2D eigenvalue weighted by Crippen LogP contribution is 2.09. The third kappa shape index (κ3) is 2.67. The van der Waals surface area contributed by atoms with Crippen LogP contribution in [0.25, 0.3) is 0 Å². The van der Waals surface area contributed by atoms with Crippen molar-refractivity contribution in [2.75, 3.05) is 5.32 Å². The average molecular weight is 215 g/mol. The molecule has 4 heteroatoms. The highest BCUT2D eigenvalue weighted by molar-refractivity contribution is 9.10. The van der Waals surface area contributed by atoms with E-state index in [0.717, 1.165) is 4.60 Å². The van der Waals surface area contributed by atoms with Crippen LogP contribution in [-0.2, 0) is 4.79 Å². The third-order valence-corrected chi connectivity index (χ3v) is 1.52. The Morgan fingerprint density at radius 3 is 2.82 bits per heavy atom. The summed E-state index contributed by atoms with van der Waals surface area (Å²) in [5, 5.41) is 2.61. The van der Waals surface area contributed by atoms with Crippen molar-refractivity contribution in [1.29, 1.82) is 0 Å². The molecular weight excluding hydrogens is 208 g/mol. The first-order valence-corrected chi connectivity index (χ1v) is 3.87. The van der Waals surface area contributed by atoms with Crippen molar-refractivity contribution >= 4 is 27.5 Å². The molecule has 0 aromatic carbocycles. The summed E-state index contributed by atoms with van der Waals surface area (Å²) in [7, 11) is 0. The Hall–Kier alpha value is -0.900. The summed E-state index contributed by atoms with van der Waals surface area (Å²) in [6.45, 7) is 1.46. The number of pyridine rings is 1. The first-order chi connectivity index (χ1) is 5.18. The van der Waals surface area contributed by atoms with Gasteiger partial charge >= 0.3 is 0 Å². The van der Waals surface area contributed by atoms with Crippen molar-refractivity contribution in [2.24, 2.45) is 0 Å². The van der Waals surface area contributed by atoms with Crippen molar-refractivity contribution in [3.63, 3.8) is 0 Å². The molecule has 0 atom stereocenters. The maximum absolute atomic E-state index is 10.5. The molecule has 0 saturated carbocycles. The summed E-state index contributed by atoms with van der Waals surface area (Å²) >= 11 is 3.19. The summed E-state index contributed by atoms with van der Waals surface area (Å²) in [4.78, 5) is 14.5. The highest BCUT2D eigenvalue weighted by atomic mass is 79.9. The minimum Gasteiger partial charge on any atom is -0.325 e. The quantitative estimate of drug-likeness (QED) is 0.725. The number of aromatic nitrogens is 1. The Morgan fingerprint density at radius 1 is 1.64 bits per heavy atom. The van der Waals surface area contributed by atoms with Crippen LogP contribution in [-0.4, -0.2) is 10.9 Å². The highest BCUT2D eigenvalue weighted by Gasteiger charge is 1.93. The van der Waals surface area contributed by atoms with Crippen molar-refractivity contribution in [1.82, 2.24) is 4.98 Å². The number of carbonyl (C=O) groups excluding carboxylic acids is 1. The molecule has 0 bridgehead atoms. The fourth-order valence-electron chi connectivity index (χ4n) is 0.653. The monoisotopic (exact) mass is 214 g/mol. The van der Waals surface area contributed by atoms with Crippen LogP contribution in [0.4, 0.5) is 5.69 Å². The van der Waals surface area contributed by atoms with Crippen LogP contribution < -0.4 is 5.32 Å². The molecule has 0 fully saturated rings. The van der Waals surface area contributed by atoms with Crippen molar-refractivity contribution in [3.05, 3.63) is 22.9 Å². The van der Waals surface area contributed by atoms with Gasteiger partial charge in [-0.05, 0) is 28.1 Å². The van der Waals surface area contributed by atoms with Crippen molar-refractivity contribution < 1.29 is 4.79 Å². The van der Waals surface area contributed by atoms with Crippen LogP contribution in [0, 0.1) is 0 Å². The second-order valence-electron chi connectivity index (χ2n) is 2.05. The van der Waals surface area contributed by atoms with Gasteiger partial charge in [0.1, 0.15) is 4.60 Å². The van der Waals surface area contributed by atoms with Gasteiger partial charge in [-0.1, -0.05) is 0 Å². The number of halogens is 1. The molecule has 1 rings (SSSR count). The molecule has 11 heavy (non-hydrogen) atoms. The number of hydrogen-bond acceptors (Lipinski definition) is 2. The molecule has 0 saturated heterocycles. The maximum Gasteiger partial charge on any atom is 0.221 e. The predicted octanol–water partition coefficient (Wildman–Crippen LogP) is 1.80. The molecule has 0 unspecified atom stereocenters. The third-order valence-electron chi connectivity index (χ3n) is 1.05. The molecule has 0 aliphatic rings. The molecule has 0 aliphatic heterocycles. The number of amides is 1. The van der Waals surface area contributed by atoms with Gasteiger partial charge in [-0.25, -0.2) is 4.98 Å². The van der Waals surface area contributed by atoms with Crippen LogP contribution in [0.1, 0.15) is 6.92 Å².